The minimum Gasteiger partial charge on any atom is -0.489 e. The lowest BCUT2D eigenvalue weighted by Crippen LogP contribution is -2.15. The minimum absolute atomic E-state index is 0.0194. The summed E-state index contributed by atoms with van der Waals surface area (Å²) in [5.74, 6) is 0.683. The van der Waals surface area contributed by atoms with Crippen molar-refractivity contribution in [2.45, 2.75) is 33.1 Å². The van der Waals surface area contributed by atoms with Gasteiger partial charge in [-0.2, -0.15) is 13.2 Å². The van der Waals surface area contributed by atoms with Crippen molar-refractivity contribution in [1.82, 2.24) is 0 Å². The predicted octanol–water partition coefficient (Wildman–Crippen LogP) is 5.50. The maximum absolute atomic E-state index is 13.0. The second-order valence-corrected chi connectivity index (χ2v) is 6.10. The first-order chi connectivity index (χ1) is 12.2. The number of alkyl halides is 3. The van der Waals surface area contributed by atoms with E-state index < -0.39 is 11.7 Å². The van der Waals surface area contributed by atoms with Gasteiger partial charge in [0.15, 0.2) is 0 Å². The molecule has 0 heterocycles. The molecule has 0 unspecified atom stereocenters. The van der Waals surface area contributed by atoms with Crippen molar-refractivity contribution in [1.29, 1.82) is 0 Å². The Labute approximate surface area is 156 Å². The molecule has 0 saturated heterocycles. The Kier molecular flexibility index (Phi) is 6.47. The van der Waals surface area contributed by atoms with Gasteiger partial charge in [-0.15, -0.1) is 0 Å². The van der Waals surface area contributed by atoms with Gasteiger partial charge in [0.2, 0.25) is 0 Å². The van der Waals surface area contributed by atoms with Gasteiger partial charge in [-0.3, -0.25) is 0 Å². The van der Waals surface area contributed by atoms with Crippen LogP contribution in [0.25, 0.3) is 0 Å². The third-order valence-corrected chi connectivity index (χ3v) is 4.16. The van der Waals surface area contributed by atoms with E-state index in [0.717, 1.165) is 24.1 Å². The topological polar surface area (TPSA) is 30.5 Å². The van der Waals surface area contributed by atoms with Crippen molar-refractivity contribution in [2.24, 2.45) is 0 Å². The van der Waals surface area contributed by atoms with Gasteiger partial charge in [0.25, 0.3) is 5.17 Å². The Morgan fingerprint density at radius 1 is 1.15 bits per heavy atom. The molecule has 0 aromatic heterocycles. The molecule has 0 fully saturated rings. The van der Waals surface area contributed by atoms with E-state index in [1.807, 2.05) is 25.1 Å². The molecule has 7 heteroatoms. The monoisotopic (exact) mass is 383 g/mol. The quantitative estimate of drug-likeness (QED) is 0.691. The highest BCUT2D eigenvalue weighted by Gasteiger charge is 2.31. The molecule has 0 amide bonds. The maximum atomic E-state index is 13.0. The largest absolute Gasteiger partial charge is 0.489 e. The van der Waals surface area contributed by atoms with Gasteiger partial charge < -0.3 is 14.8 Å². The van der Waals surface area contributed by atoms with Crippen LogP contribution in [0.3, 0.4) is 0 Å². The van der Waals surface area contributed by atoms with Crippen molar-refractivity contribution in [3.63, 3.8) is 0 Å². The van der Waals surface area contributed by atoms with Crippen LogP contribution in [-0.4, -0.2) is 12.3 Å². The third-order valence-electron chi connectivity index (χ3n) is 3.89. The normalized spacial score (nSPS) is 11.2. The number of anilines is 1. The fourth-order valence-corrected chi connectivity index (χ4v) is 2.51. The van der Waals surface area contributed by atoms with Gasteiger partial charge in [0, 0.05) is 11.3 Å². The molecular formula is C19H20F3NO2S. The van der Waals surface area contributed by atoms with E-state index in [1.165, 1.54) is 18.7 Å². The molecule has 0 aliphatic carbocycles. The van der Waals surface area contributed by atoms with Gasteiger partial charge in [-0.25, -0.2) is 0 Å². The summed E-state index contributed by atoms with van der Waals surface area (Å²) < 4.78 is 49.6. The molecule has 26 heavy (non-hydrogen) atoms. The Bertz CT molecular complexity index is 791. The molecule has 2 rings (SSSR count). The molecule has 2 aromatic rings. The van der Waals surface area contributed by atoms with Crippen LogP contribution in [0.15, 0.2) is 36.4 Å². The van der Waals surface area contributed by atoms with Crippen LogP contribution < -0.4 is 10.1 Å². The maximum Gasteiger partial charge on any atom is 0.416 e. The molecule has 2 aromatic carbocycles. The lowest BCUT2D eigenvalue weighted by molar-refractivity contribution is -0.137. The number of halogens is 3. The summed E-state index contributed by atoms with van der Waals surface area (Å²) in [5.41, 5.74) is 2.13. The van der Waals surface area contributed by atoms with E-state index in [9.17, 15) is 13.2 Å². The summed E-state index contributed by atoms with van der Waals surface area (Å²) in [6.45, 7) is 4.09. The number of hydrogen-bond acceptors (Lipinski definition) is 3. The van der Waals surface area contributed by atoms with Gasteiger partial charge >= 0.3 is 6.18 Å². The zero-order valence-corrected chi connectivity index (χ0v) is 15.6. The van der Waals surface area contributed by atoms with E-state index in [0.29, 0.717) is 11.3 Å². The highest BCUT2D eigenvalue weighted by atomic mass is 32.1. The summed E-state index contributed by atoms with van der Waals surface area (Å²) in [4.78, 5) is 0. The molecule has 3 nitrogen and oxygen atoms in total. The summed E-state index contributed by atoms with van der Waals surface area (Å²) in [5, 5.41) is 2.65. The second kappa shape index (κ2) is 8.40. The SMILES string of the molecule is CCc1ccc(OCc2ccc(C(F)(F)F)cc2NC(=S)OC)c(C)c1. The van der Waals surface area contributed by atoms with E-state index in [2.05, 4.69) is 12.2 Å². The van der Waals surface area contributed by atoms with E-state index >= 15 is 0 Å². The fraction of sp³-hybridized carbons (Fsp3) is 0.316. The van der Waals surface area contributed by atoms with Crippen LogP contribution >= 0.6 is 12.2 Å². The smallest absolute Gasteiger partial charge is 0.416 e. The molecule has 140 valence electrons. The van der Waals surface area contributed by atoms with Crippen molar-refractivity contribution in [3.8, 4) is 5.75 Å². The lowest BCUT2D eigenvalue weighted by Gasteiger charge is -2.16. The summed E-state index contributed by atoms with van der Waals surface area (Å²) in [7, 11) is 1.35. The fourth-order valence-electron chi connectivity index (χ4n) is 2.40. The Balaban J connectivity index is 2.25. The molecule has 0 aliphatic rings. The van der Waals surface area contributed by atoms with E-state index in [4.69, 9.17) is 21.7 Å². The minimum atomic E-state index is -4.45. The van der Waals surface area contributed by atoms with Gasteiger partial charge in [-0.1, -0.05) is 25.1 Å². The summed E-state index contributed by atoms with van der Waals surface area (Å²) in [6, 6.07) is 9.25. The second-order valence-electron chi connectivity index (χ2n) is 5.73. The number of benzene rings is 2. The molecule has 0 aliphatic heterocycles. The van der Waals surface area contributed by atoms with Crippen LogP contribution in [0.1, 0.15) is 29.2 Å². The first kappa shape index (κ1) is 20.0. The average Bonchev–Trinajstić information content (AvgIpc) is 2.60. The summed E-state index contributed by atoms with van der Waals surface area (Å²) >= 11 is 4.90. The highest BCUT2D eigenvalue weighted by Crippen LogP contribution is 2.33. The number of thiocarbonyl (C=S) groups is 1. The Morgan fingerprint density at radius 2 is 1.88 bits per heavy atom. The van der Waals surface area contributed by atoms with Crippen molar-refractivity contribution >= 4 is 23.1 Å². The van der Waals surface area contributed by atoms with Crippen LogP contribution in [-0.2, 0) is 23.9 Å². The number of aryl methyl sites for hydroxylation is 2. The zero-order chi connectivity index (χ0) is 19.3. The first-order valence-corrected chi connectivity index (χ1v) is 8.42. The van der Waals surface area contributed by atoms with Crippen LogP contribution in [0.5, 0.6) is 5.75 Å². The number of rotatable bonds is 5. The number of methoxy groups -OCH3 is 1. The zero-order valence-electron chi connectivity index (χ0n) is 14.7. The number of ether oxygens (including phenoxy) is 2. The van der Waals surface area contributed by atoms with Crippen molar-refractivity contribution < 1.29 is 22.6 Å². The van der Waals surface area contributed by atoms with Crippen molar-refractivity contribution in [2.75, 3.05) is 12.4 Å². The molecule has 0 atom stereocenters. The van der Waals surface area contributed by atoms with Gasteiger partial charge in [0.1, 0.15) is 12.4 Å². The predicted molar refractivity (Wildman–Crippen MR) is 99.6 cm³/mol. The molecule has 0 spiro atoms. The number of nitrogens with one attached hydrogen (secondary N) is 1. The molecular weight excluding hydrogens is 363 g/mol. The van der Waals surface area contributed by atoms with Gasteiger partial charge in [-0.05, 0) is 54.9 Å². The van der Waals surface area contributed by atoms with Crippen molar-refractivity contribution in [3.05, 3.63) is 58.7 Å². The molecule has 0 bridgehead atoms. The third kappa shape index (κ3) is 5.11. The van der Waals surface area contributed by atoms with Gasteiger partial charge in [0.05, 0.1) is 12.7 Å². The van der Waals surface area contributed by atoms with Crippen LogP contribution in [0, 0.1) is 6.92 Å². The van der Waals surface area contributed by atoms with E-state index in [1.54, 1.807) is 0 Å². The average molecular weight is 383 g/mol. The highest BCUT2D eigenvalue weighted by molar-refractivity contribution is 7.80. The first-order valence-electron chi connectivity index (χ1n) is 8.02. The Hall–Kier alpha value is -2.28. The molecule has 0 saturated carbocycles. The van der Waals surface area contributed by atoms with Crippen LogP contribution in [0.4, 0.5) is 18.9 Å². The standard InChI is InChI=1S/C19H20F3NO2S/c1-4-13-5-8-17(12(2)9-13)25-11-14-6-7-15(19(20,21)22)10-16(14)23-18(26)24-3/h5-10H,4,11H2,1-3H3,(H,23,26). The summed E-state index contributed by atoms with van der Waals surface area (Å²) in [6.07, 6.45) is -3.53. The molecule has 0 radical (unpaired) electrons. The lowest BCUT2D eigenvalue weighted by atomic mass is 10.1. The Morgan fingerprint density at radius 3 is 2.46 bits per heavy atom. The van der Waals surface area contributed by atoms with Crippen LogP contribution in [0.2, 0.25) is 0 Å². The molecule has 1 N–H and O–H groups in total. The van der Waals surface area contributed by atoms with E-state index in [-0.39, 0.29) is 17.5 Å². The number of hydrogen-bond donors (Lipinski definition) is 1.